The highest BCUT2D eigenvalue weighted by atomic mass is 79.9. The predicted molar refractivity (Wildman–Crippen MR) is 78.4 cm³/mol. The summed E-state index contributed by atoms with van der Waals surface area (Å²) in [7, 11) is 1.95. The van der Waals surface area contributed by atoms with E-state index in [-0.39, 0.29) is 12.4 Å². The zero-order valence-corrected chi connectivity index (χ0v) is 12.4. The van der Waals surface area contributed by atoms with Crippen LogP contribution in [0.25, 0.3) is 0 Å². The zero-order chi connectivity index (χ0) is 13.1. The molecule has 0 amide bonds. The van der Waals surface area contributed by atoms with Crippen LogP contribution in [0.2, 0.25) is 0 Å². The first-order valence-electron chi connectivity index (χ1n) is 5.52. The van der Waals surface area contributed by atoms with Crippen LogP contribution in [0.5, 0.6) is 0 Å². The molecule has 0 unspecified atom stereocenters. The number of rotatable bonds is 4. The molecule has 0 aliphatic rings. The number of hydrogen-bond acceptors (Lipinski definition) is 3. The molecule has 96 valence electrons. The number of hydrogen-bond donors (Lipinski definition) is 1. The van der Waals surface area contributed by atoms with Crippen LogP contribution in [0.15, 0.2) is 33.4 Å². The molecular weight excluding hydrogens is 315 g/mol. The second-order valence-electron chi connectivity index (χ2n) is 4.09. The van der Waals surface area contributed by atoms with Crippen LogP contribution in [0.1, 0.15) is 11.1 Å². The molecule has 18 heavy (non-hydrogen) atoms. The van der Waals surface area contributed by atoms with Gasteiger partial charge in [-0.1, -0.05) is 6.07 Å². The number of thiophene rings is 1. The van der Waals surface area contributed by atoms with E-state index < -0.39 is 0 Å². The van der Waals surface area contributed by atoms with Crippen molar-refractivity contribution in [2.75, 3.05) is 11.9 Å². The normalized spacial score (nSPS) is 10.7. The monoisotopic (exact) mass is 328 g/mol. The predicted octanol–water partition coefficient (Wildman–Crippen LogP) is 3.74. The van der Waals surface area contributed by atoms with Crippen LogP contribution < -0.4 is 10.6 Å². The first-order valence-corrected chi connectivity index (χ1v) is 7.20. The smallest absolute Gasteiger partial charge is 0.129 e. The van der Waals surface area contributed by atoms with E-state index in [1.165, 1.54) is 11.6 Å². The first-order chi connectivity index (χ1) is 8.60. The number of nitrogens with two attached hydrogens (primary N) is 1. The van der Waals surface area contributed by atoms with Crippen LogP contribution in [0.4, 0.5) is 10.1 Å². The van der Waals surface area contributed by atoms with Gasteiger partial charge in [0.05, 0.1) is 3.79 Å². The van der Waals surface area contributed by atoms with Crippen LogP contribution in [0, 0.1) is 5.82 Å². The van der Waals surface area contributed by atoms with Crippen LogP contribution >= 0.6 is 27.3 Å². The minimum Gasteiger partial charge on any atom is -0.370 e. The van der Waals surface area contributed by atoms with Gasteiger partial charge in [0, 0.05) is 31.4 Å². The maximum absolute atomic E-state index is 13.6. The van der Waals surface area contributed by atoms with E-state index in [9.17, 15) is 4.39 Å². The Kier molecular flexibility index (Phi) is 4.37. The summed E-state index contributed by atoms with van der Waals surface area (Å²) >= 11 is 5.09. The van der Waals surface area contributed by atoms with Crippen LogP contribution in [-0.4, -0.2) is 7.05 Å². The quantitative estimate of drug-likeness (QED) is 0.926. The highest BCUT2D eigenvalue weighted by Crippen LogP contribution is 2.24. The van der Waals surface area contributed by atoms with Gasteiger partial charge < -0.3 is 10.6 Å². The maximum atomic E-state index is 13.6. The Balaban J connectivity index is 2.13. The van der Waals surface area contributed by atoms with Crippen molar-refractivity contribution in [2.45, 2.75) is 13.1 Å². The van der Waals surface area contributed by atoms with Gasteiger partial charge in [-0.2, -0.15) is 0 Å². The summed E-state index contributed by atoms with van der Waals surface area (Å²) in [4.78, 5) is 2.01. The molecule has 2 N–H and O–H groups in total. The highest BCUT2D eigenvalue weighted by Gasteiger charge is 2.07. The molecule has 2 aromatic rings. The fraction of sp³-hybridized carbons (Fsp3) is 0.231. The van der Waals surface area contributed by atoms with Gasteiger partial charge in [0.15, 0.2) is 0 Å². The summed E-state index contributed by atoms with van der Waals surface area (Å²) in [5, 5.41) is 2.09. The SMILES string of the molecule is CN(Cc1csc(Br)c1)c1ccc(CN)c(F)c1. The Morgan fingerprint density at radius 3 is 2.72 bits per heavy atom. The third-order valence-corrected chi connectivity index (χ3v) is 4.29. The molecule has 0 spiro atoms. The molecule has 2 rings (SSSR count). The van der Waals surface area contributed by atoms with Crippen LogP contribution in [0.3, 0.4) is 0 Å². The molecule has 0 radical (unpaired) electrons. The lowest BCUT2D eigenvalue weighted by atomic mass is 10.2. The number of benzene rings is 1. The Bertz CT molecular complexity index is 542. The summed E-state index contributed by atoms with van der Waals surface area (Å²) in [6.07, 6.45) is 0. The molecule has 1 aromatic carbocycles. The molecule has 1 aromatic heterocycles. The standard InChI is InChI=1S/C13H14BrFN2S/c1-17(7-9-4-13(14)18-8-9)11-3-2-10(6-16)12(15)5-11/h2-5,8H,6-7,16H2,1H3. The van der Waals surface area contributed by atoms with E-state index in [2.05, 4.69) is 27.4 Å². The third kappa shape index (κ3) is 3.10. The molecule has 0 saturated heterocycles. The van der Waals surface area contributed by atoms with E-state index >= 15 is 0 Å². The van der Waals surface area contributed by atoms with Crippen molar-refractivity contribution in [3.05, 3.63) is 50.4 Å². The van der Waals surface area contributed by atoms with Crippen LogP contribution in [-0.2, 0) is 13.1 Å². The van der Waals surface area contributed by atoms with Crippen molar-refractivity contribution < 1.29 is 4.39 Å². The van der Waals surface area contributed by atoms with Gasteiger partial charge in [0.25, 0.3) is 0 Å². The molecule has 1 heterocycles. The average molecular weight is 329 g/mol. The first kappa shape index (κ1) is 13.5. The minimum atomic E-state index is -0.242. The summed E-state index contributed by atoms with van der Waals surface area (Å²) in [5.41, 5.74) is 8.05. The second kappa shape index (κ2) is 5.82. The maximum Gasteiger partial charge on any atom is 0.129 e. The van der Waals surface area contributed by atoms with Crippen molar-refractivity contribution >= 4 is 33.0 Å². The molecule has 0 bridgehead atoms. The van der Waals surface area contributed by atoms with Gasteiger partial charge in [0.2, 0.25) is 0 Å². The van der Waals surface area contributed by atoms with Gasteiger partial charge >= 0.3 is 0 Å². The zero-order valence-electron chi connectivity index (χ0n) is 9.99. The molecular formula is C13H14BrFN2S. The van der Waals surface area contributed by atoms with E-state index in [1.54, 1.807) is 17.4 Å². The minimum absolute atomic E-state index is 0.229. The summed E-state index contributed by atoms with van der Waals surface area (Å²) in [6.45, 7) is 0.983. The van der Waals surface area contributed by atoms with Gasteiger partial charge in [0.1, 0.15) is 5.82 Å². The fourth-order valence-corrected chi connectivity index (χ4v) is 2.93. The highest BCUT2D eigenvalue weighted by molar-refractivity contribution is 9.11. The topological polar surface area (TPSA) is 29.3 Å². The third-order valence-electron chi connectivity index (χ3n) is 2.74. The second-order valence-corrected chi connectivity index (χ2v) is 6.39. The largest absolute Gasteiger partial charge is 0.370 e. The number of anilines is 1. The summed E-state index contributed by atoms with van der Waals surface area (Å²) < 4.78 is 14.7. The van der Waals surface area contributed by atoms with E-state index in [0.717, 1.165) is 16.0 Å². The molecule has 0 atom stereocenters. The Hall–Kier alpha value is -0.910. The van der Waals surface area contributed by atoms with Crippen molar-refractivity contribution in [1.82, 2.24) is 0 Å². The molecule has 0 saturated carbocycles. The van der Waals surface area contributed by atoms with Gasteiger partial charge in [-0.3, -0.25) is 0 Å². The molecule has 2 nitrogen and oxygen atoms in total. The van der Waals surface area contributed by atoms with Gasteiger partial charge in [-0.05, 0) is 45.1 Å². The Morgan fingerprint density at radius 1 is 1.39 bits per heavy atom. The molecule has 0 fully saturated rings. The van der Waals surface area contributed by atoms with Crippen molar-refractivity contribution in [3.63, 3.8) is 0 Å². The van der Waals surface area contributed by atoms with Gasteiger partial charge in [-0.15, -0.1) is 11.3 Å². The van der Waals surface area contributed by atoms with Gasteiger partial charge in [-0.25, -0.2) is 4.39 Å². The number of halogens is 2. The Morgan fingerprint density at radius 2 is 2.17 bits per heavy atom. The van der Waals surface area contributed by atoms with E-state index in [1.807, 2.05) is 18.0 Å². The summed E-state index contributed by atoms with van der Waals surface area (Å²) in [5.74, 6) is -0.242. The number of nitrogens with zero attached hydrogens (tertiary/aromatic N) is 1. The lowest BCUT2D eigenvalue weighted by molar-refractivity contribution is 0.610. The molecule has 5 heteroatoms. The average Bonchev–Trinajstić information content (AvgIpc) is 2.74. The fourth-order valence-electron chi connectivity index (χ4n) is 1.73. The molecule has 0 aliphatic heterocycles. The summed E-state index contributed by atoms with van der Waals surface area (Å²) in [6, 6.07) is 7.24. The molecule has 0 aliphatic carbocycles. The Labute approximate surface area is 118 Å². The van der Waals surface area contributed by atoms with Crippen molar-refractivity contribution in [3.8, 4) is 0 Å². The van der Waals surface area contributed by atoms with Crippen molar-refractivity contribution in [1.29, 1.82) is 0 Å². The van der Waals surface area contributed by atoms with E-state index in [0.29, 0.717) is 5.56 Å². The van der Waals surface area contributed by atoms with Crippen molar-refractivity contribution in [2.24, 2.45) is 5.73 Å². The lowest BCUT2D eigenvalue weighted by Crippen LogP contribution is -2.16. The lowest BCUT2D eigenvalue weighted by Gasteiger charge is -2.19. The van der Waals surface area contributed by atoms with E-state index in [4.69, 9.17) is 5.73 Å².